The Labute approximate surface area is 82.1 Å². The minimum atomic E-state index is 0.697. The largest absolute Gasteiger partial charge is 0.0594 e. The number of fused-ring (bicyclic) bond motifs is 3. The Bertz CT molecular complexity index is 194. The van der Waals surface area contributed by atoms with Gasteiger partial charge in [0.1, 0.15) is 0 Å². The van der Waals surface area contributed by atoms with E-state index < -0.39 is 0 Å². The van der Waals surface area contributed by atoms with Gasteiger partial charge < -0.3 is 0 Å². The topological polar surface area (TPSA) is 0 Å². The van der Waals surface area contributed by atoms with Gasteiger partial charge in [0, 0.05) is 0 Å². The first-order chi connectivity index (χ1) is 6.21. The van der Waals surface area contributed by atoms with Crippen LogP contribution in [0.2, 0.25) is 0 Å². The van der Waals surface area contributed by atoms with Crippen molar-refractivity contribution in [2.24, 2.45) is 29.1 Å². The molecule has 3 fully saturated rings. The summed E-state index contributed by atoms with van der Waals surface area (Å²) in [5, 5.41) is 0. The maximum atomic E-state index is 2.56. The summed E-state index contributed by atoms with van der Waals surface area (Å²) in [5.74, 6) is 4.48. The summed E-state index contributed by atoms with van der Waals surface area (Å²) in [6.07, 6.45) is 9.28. The van der Waals surface area contributed by atoms with E-state index in [0.717, 1.165) is 23.7 Å². The van der Waals surface area contributed by atoms with Crippen LogP contribution >= 0.6 is 0 Å². The number of hydrogen-bond donors (Lipinski definition) is 0. The molecule has 3 saturated carbocycles. The van der Waals surface area contributed by atoms with E-state index >= 15 is 0 Å². The first-order valence-electron chi connectivity index (χ1n) is 6.21. The van der Waals surface area contributed by atoms with Gasteiger partial charge in [0.25, 0.3) is 0 Å². The van der Waals surface area contributed by atoms with Crippen LogP contribution in [0, 0.1) is 29.1 Å². The van der Waals surface area contributed by atoms with E-state index in [0.29, 0.717) is 5.41 Å². The third-order valence-corrected chi connectivity index (χ3v) is 5.60. The van der Waals surface area contributed by atoms with Crippen LogP contribution in [0.3, 0.4) is 0 Å². The molecule has 0 heteroatoms. The van der Waals surface area contributed by atoms with Gasteiger partial charge in [-0.2, -0.15) is 0 Å². The van der Waals surface area contributed by atoms with Gasteiger partial charge >= 0.3 is 0 Å². The SMILES string of the molecule is CC1(C)[C@H]2CCC[C@H]2[C@@H]2CCC[C@@H]21. The van der Waals surface area contributed by atoms with Crippen molar-refractivity contribution in [3.63, 3.8) is 0 Å². The van der Waals surface area contributed by atoms with Crippen molar-refractivity contribution in [1.82, 2.24) is 0 Å². The minimum absolute atomic E-state index is 0.697. The van der Waals surface area contributed by atoms with Crippen molar-refractivity contribution in [2.75, 3.05) is 0 Å². The predicted octanol–water partition coefficient (Wildman–Crippen LogP) is 3.86. The zero-order valence-corrected chi connectivity index (χ0v) is 9.05. The van der Waals surface area contributed by atoms with Gasteiger partial charge in [-0.25, -0.2) is 0 Å². The molecule has 3 rings (SSSR count). The average Bonchev–Trinajstić information content (AvgIpc) is 2.74. The van der Waals surface area contributed by atoms with Crippen molar-refractivity contribution < 1.29 is 0 Å². The summed E-state index contributed by atoms with van der Waals surface area (Å²) >= 11 is 0. The maximum absolute atomic E-state index is 2.56. The molecule has 0 spiro atoms. The van der Waals surface area contributed by atoms with Gasteiger partial charge in [-0.3, -0.25) is 0 Å². The second-order valence-corrected chi connectivity index (χ2v) is 6.22. The lowest BCUT2D eigenvalue weighted by Gasteiger charge is -2.31. The van der Waals surface area contributed by atoms with Crippen molar-refractivity contribution >= 4 is 0 Å². The summed E-state index contributed by atoms with van der Waals surface area (Å²) in [4.78, 5) is 0. The van der Waals surface area contributed by atoms with Gasteiger partial charge in [-0.15, -0.1) is 0 Å². The predicted molar refractivity (Wildman–Crippen MR) is 55.4 cm³/mol. The van der Waals surface area contributed by atoms with Gasteiger partial charge in [0.2, 0.25) is 0 Å². The molecule has 0 nitrogen and oxygen atoms in total. The summed E-state index contributed by atoms with van der Waals surface area (Å²) in [6, 6.07) is 0. The molecule has 0 N–H and O–H groups in total. The molecule has 0 radical (unpaired) electrons. The van der Waals surface area contributed by atoms with E-state index in [9.17, 15) is 0 Å². The first-order valence-corrected chi connectivity index (χ1v) is 6.21. The minimum Gasteiger partial charge on any atom is -0.0594 e. The maximum Gasteiger partial charge on any atom is -0.0292 e. The molecule has 0 saturated heterocycles. The van der Waals surface area contributed by atoms with E-state index in [-0.39, 0.29) is 0 Å². The summed E-state index contributed by atoms with van der Waals surface area (Å²) < 4.78 is 0. The van der Waals surface area contributed by atoms with Gasteiger partial charge in [0.05, 0.1) is 0 Å². The van der Waals surface area contributed by atoms with Crippen molar-refractivity contribution in [3.05, 3.63) is 0 Å². The Morgan fingerprint density at radius 3 is 1.69 bits per heavy atom. The van der Waals surface area contributed by atoms with E-state index in [1.165, 1.54) is 12.8 Å². The monoisotopic (exact) mass is 178 g/mol. The first kappa shape index (κ1) is 8.32. The lowest BCUT2D eigenvalue weighted by Crippen LogP contribution is -2.24. The Hall–Kier alpha value is 0. The molecule has 3 aliphatic rings. The Kier molecular flexibility index (Phi) is 1.61. The Morgan fingerprint density at radius 1 is 0.769 bits per heavy atom. The lowest BCUT2D eigenvalue weighted by atomic mass is 9.73. The van der Waals surface area contributed by atoms with E-state index in [1.807, 2.05) is 0 Å². The highest BCUT2D eigenvalue weighted by Crippen LogP contribution is 2.65. The van der Waals surface area contributed by atoms with Gasteiger partial charge in [0.15, 0.2) is 0 Å². The molecule has 0 aliphatic heterocycles. The average molecular weight is 178 g/mol. The normalized spacial score (nSPS) is 52.2. The molecule has 0 unspecified atom stereocenters. The third kappa shape index (κ3) is 0.926. The van der Waals surface area contributed by atoms with E-state index in [1.54, 1.807) is 25.7 Å². The molecule has 74 valence electrons. The molecule has 4 atom stereocenters. The standard InChI is InChI=1S/C13H22/c1-13(2)11-7-3-5-9(11)10-6-4-8-12(10)13/h9-12H,3-8H2,1-2H3/t9-,10-,11-,12-/m0/s1. The molecule has 3 aliphatic carbocycles. The molecule has 0 bridgehead atoms. The highest BCUT2D eigenvalue weighted by molar-refractivity contribution is 5.06. The highest BCUT2D eigenvalue weighted by Gasteiger charge is 2.57. The van der Waals surface area contributed by atoms with Crippen LogP contribution in [-0.2, 0) is 0 Å². The molecular weight excluding hydrogens is 156 g/mol. The van der Waals surface area contributed by atoms with Crippen LogP contribution in [0.5, 0.6) is 0 Å². The molecule has 0 aromatic rings. The van der Waals surface area contributed by atoms with E-state index in [2.05, 4.69) is 13.8 Å². The van der Waals surface area contributed by atoms with E-state index in [4.69, 9.17) is 0 Å². The van der Waals surface area contributed by atoms with Crippen LogP contribution < -0.4 is 0 Å². The van der Waals surface area contributed by atoms with Crippen LogP contribution in [0.4, 0.5) is 0 Å². The smallest absolute Gasteiger partial charge is 0.0292 e. The van der Waals surface area contributed by atoms with Crippen molar-refractivity contribution in [2.45, 2.75) is 52.4 Å². The highest BCUT2D eigenvalue weighted by atomic mass is 14.6. The molecule has 0 aromatic carbocycles. The van der Waals surface area contributed by atoms with Crippen LogP contribution in [0.1, 0.15) is 52.4 Å². The Morgan fingerprint density at radius 2 is 1.23 bits per heavy atom. The number of hydrogen-bond acceptors (Lipinski definition) is 0. The summed E-state index contributed by atoms with van der Waals surface area (Å²) in [7, 11) is 0. The molecule has 0 aromatic heterocycles. The van der Waals surface area contributed by atoms with Crippen LogP contribution in [0.15, 0.2) is 0 Å². The van der Waals surface area contributed by atoms with Crippen molar-refractivity contribution in [3.8, 4) is 0 Å². The second-order valence-electron chi connectivity index (χ2n) is 6.22. The number of rotatable bonds is 0. The van der Waals surface area contributed by atoms with Gasteiger partial charge in [-0.05, 0) is 54.8 Å². The zero-order chi connectivity index (χ0) is 9.05. The molecular formula is C13H22. The molecule has 0 heterocycles. The fourth-order valence-electron chi connectivity index (χ4n) is 5.12. The summed E-state index contributed by atoms with van der Waals surface area (Å²) in [6.45, 7) is 5.12. The Balaban J connectivity index is 1.96. The van der Waals surface area contributed by atoms with Crippen LogP contribution in [-0.4, -0.2) is 0 Å². The second kappa shape index (κ2) is 2.52. The summed E-state index contributed by atoms with van der Waals surface area (Å²) in [5.41, 5.74) is 0.697. The zero-order valence-electron chi connectivity index (χ0n) is 9.05. The fourth-order valence-corrected chi connectivity index (χ4v) is 5.12. The molecule has 0 amide bonds. The van der Waals surface area contributed by atoms with Crippen molar-refractivity contribution in [1.29, 1.82) is 0 Å². The lowest BCUT2D eigenvalue weighted by molar-refractivity contribution is 0.173. The van der Waals surface area contributed by atoms with Crippen LogP contribution in [0.25, 0.3) is 0 Å². The quantitative estimate of drug-likeness (QED) is 0.528. The van der Waals surface area contributed by atoms with Gasteiger partial charge in [-0.1, -0.05) is 26.7 Å². The molecule has 13 heavy (non-hydrogen) atoms. The third-order valence-electron chi connectivity index (χ3n) is 5.60. The fraction of sp³-hybridized carbons (Fsp3) is 1.00.